The maximum atomic E-state index is 12.7. The molecule has 5 nitrogen and oxygen atoms in total. The van der Waals surface area contributed by atoms with Crippen LogP contribution in [0.1, 0.15) is 31.5 Å². The van der Waals surface area contributed by atoms with E-state index in [1.807, 2.05) is 18.1 Å². The first-order valence-corrected chi connectivity index (χ1v) is 8.51. The molecule has 1 aromatic heterocycles. The molecular weight excluding hydrogens is 278 g/mol. The molecule has 1 saturated heterocycles. The average molecular weight is 303 g/mol. The molecule has 22 heavy (non-hydrogen) atoms. The molecule has 3 heterocycles. The van der Waals surface area contributed by atoms with Crippen molar-refractivity contribution >= 4 is 5.91 Å². The molecule has 2 aliphatic heterocycles. The van der Waals surface area contributed by atoms with Crippen molar-refractivity contribution in [2.24, 2.45) is 17.3 Å². The summed E-state index contributed by atoms with van der Waals surface area (Å²) < 4.78 is 7.68. The van der Waals surface area contributed by atoms with Crippen LogP contribution < -0.4 is 0 Å². The fourth-order valence-corrected chi connectivity index (χ4v) is 4.34. The number of rotatable bonds is 3. The Kier molecular flexibility index (Phi) is 3.48. The Morgan fingerprint density at radius 2 is 2.32 bits per heavy atom. The third-order valence-electron chi connectivity index (χ3n) is 5.94. The third-order valence-corrected chi connectivity index (χ3v) is 5.94. The molecule has 1 amide bonds. The van der Waals surface area contributed by atoms with E-state index in [1.165, 1.54) is 5.82 Å². The van der Waals surface area contributed by atoms with Gasteiger partial charge in [0, 0.05) is 58.1 Å². The van der Waals surface area contributed by atoms with Gasteiger partial charge in [0.25, 0.3) is 0 Å². The van der Waals surface area contributed by atoms with E-state index in [0.717, 1.165) is 58.4 Å². The highest BCUT2D eigenvalue weighted by atomic mass is 16.5. The highest BCUT2D eigenvalue weighted by Gasteiger charge is 2.58. The van der Waals surface area contributed by atoms with Crippen molar-refractivity contribution in [2.45, 2.75) is 38.6 Å². The number of fused-ring (bicyclic) bond motifs is 1. The SMILES string of the molecule is CN(C[C@H]1CCn2ccnc2C1)C(=O)[C@H]1CC12CCOCC2. The van der Waals surface area contributed by atoms with Gasteiger partial charge >= 0.3 is 0 Å². The zero-order chi connectivity index (χ0) is 15.2. The molecule has 0 bridgehead atoms. The lowest BCUT2D eigenvalue weighted by atomic mass is 9.93. The van der Waals surface area contributed by atoms with E-state index in [2.05, 4.69) is 15.7 Å². The summed E-state index contributed by atoms with van der Waals surface area (Å²) in [7, 11) is 1.98. The van der Waals surface area contributed by atoms with Gasteiger partial charge in [0.15, 0.2) is 0 Å². The Hall–Kier alpha value is -1.36. The predicted molar refractivity (Wildman–Crippen MR) is 82.3 cm³/mol. The first-order valence-electron chi connectivity index (χ1n) is 8.51. The van der Waals surface area contributed by atoms with Crippen molar-refractivity contribution in [3.63, 3.8) is 0 Å². The minimum Gasteiger partial charge on any atom is -0.381 e. The van der Waals surface area contributed by atoms with Crippen LogP contribution in [0.5, 0.6) is 0 Å². The lowest BCUT2D eigenvalue weighted by Crippen LogP contribution is -2.37. The summed E-state index contributed by atoms with van der Waals surface area (Å²) in [5, 5.41) is 0. The van der Waals surface area contributed by atoms with Gasteiger partial charge in [0.05, 0.1) is 0 Å². The van der Waals surface area contributed by atoms with Crippen molar-refractivity contribution < 1.29 is 9.53 Å². The van der Waals surface area contributed by atoms with Gasteiger partial charge in [0.1, 0.15) is 5.82 Å². The van der Waals surface area contributed by atoms with Crippen LogP contribution >= 0.6 is 0 Å². The first kappa shape index (κ1) is 14.2. The number of aromatic nitrogens is 2. The Bertz CT molecular complexity index is 562. The van der Waals surface area contributed by atoms with Crippen molar-refractivity contribution in [1.82, 2.24) is 14.5 Å². The monoisotopic (exact) mass is 303 g/mol. The minimum absolute atomic E-state index is 0.256. The molecule has 2 atom stereocenters. The molecule has 5 heteroatoms. The summed E-state index contributed by atoms with van der Waals surface area (Å²) in [6, 6.07) is 0. The maximum Gasteiger partial charge on any atom is 0.226 e. The zero-order valence-electron chi connectivity index (χ0n) is 13.3. The van der Waals surface area contributed by atoms with Crippen molar-refractivity contribution in [3.05, 3.63) is 18.2 Å². The molecule has 0 unspecified atom stereocenters. The topological polar surface area (TPSA) is 47.4 Å². The van der Waals surface area contributed by atoms with Gasteiger partial charge in [-0.1, -0.05) is 0 Å². The summed E-state index contributed by atoms with van der Waals surface area (Å²) in [6.45, 7) is 3.57. The van der Waals surface area contributed by atoms with Gasteiger partial charge in [0.2, 0.25) is 5.91 Å². The highest BCUT2D eigenvalue weighted by molar-refractivity contribution is 5.82. The molecule has 3 aliphatic rings. The van der Waals surface area contributed by atoms with Crippen LogP contribution in [0.2, 0.25) is 0 Å². The second-order valence-electron chi connectivity index (χ2n) is 7.35. The van der Waals surface area contributed by atoms with Crippen molar-refractivity contribution in [3.8, 4) is 0 Å². The van der Waals surface area contributed by atoms with Crippen LogP contribution in [-0.2, 0) is 22.5 Å². The molecule has 120 valence electrons. The Balaban J connectivity index is 1.33. The van der Waals surface area contributed by atoms with Crippen molar-refractivity contribution in [2.75, 3.05) is 26.8 Å². The molecule has 1 aliphatic carbocycles. The highest BCUT2D eigenvalue weighted by Crippen LogP contribution is 2.59. The number of amides is 1. The Labute approximate surface area is 131 Å². The van der Waals surface area contributed by atoms with E-state index in [4.69, 9.17) is 4.74 Å². The molecule has 1 spiro atoms. The predicted octanol–water partition coefficient (Wildman–Crippen LogP) is 1.72. The number of carbonyl (C=O) groups excluding carboxylic acids is 1. The van der Waals surface area contributed by atoms with E-state index in [1.54, 1.807) is 0 Å². The van der Waals surface area contributed by atoms with E-state index < -0.39 is 0 Å². The number of carbonyl (C=O) groups is 1. The summed E-state index contributed by atoms with van der Waals surface area (Å²) in [6.07, 6.45) is 9.29. The van der Waals surface area contributed by atoms with E-state index in [-0.39, 0.29) is 11.3 Å². The molecule has 0 N–H and O–H groups in total. The van der Waals surface area contributed by atoms with Gasteiger partial charge in [-0.2, -0.15) is 0 Å². The standard InChI is InChI=1S/C17H25N3O2/c1-19(12-13-2-6-20-7-5-18-15(20)10-13)16(21)14-11-17(14)3-8-22-9-4-17/h5,7,13-14H,2-4,6,8-12H2,1H3/t13-,14+/m0/s1. The second kappa shape index (κ2) is 5.37. The molecule has 0 aromatic carbocycles. The number of hydrogen-bond donors (Lipinski definition) is 0. The number of ether oxygens (including phenoxy) is 1. The van der Waals surface area contributed by atoms with E-state index in [0.29, 0.717) is 11.8 Å². The normalized spacial score (nSPS) is 29.1. The number of aryl methyl sites for hydroxylation is 1. The molecule has 1 aromatic rings. The molecule has 0 radical (unpaired) electrons. The van der Waals surface area contributed by atoms with E-state index >= 15 is 0 Å². The van der Waals surface area contributed by atoms with Gasteiger partial charge in [-0.3, -0.25) is 4.79 Å². The Morgan fingerprint density at radius 3 is 3.14 bits per heavy atom. The summed E-state index contributed by atoms with van der Waals surface area (Å²) >= 11 is 0. The van der Waals surface area contributed by atoms with E-state index in [9.17, 15) is 4.79 Å². The van der Waals surface area contributed by atoms with Crippen LogP contribution in [0.3, 0.4) is 0 Å². The second-order valence-corrected chi connectivity index (χ2v) is 7.35. The van der Waals surface area contributed by atoms with Crippen LogP contribution in [-0.4, -0.2) is 47.2 Å². The largest absolute Gasteiger partial charge is 0.381 e. The van der Waals surface area contributed by atoms with Crippen LogP contribution in [0, 0.1) is 17.3 Å². The van der Waals surface area contributed by atoms with Gasteiger partial charge in [-0.25, -0.2) is 4.98 Å². The zero-order valence-corrected chi connectivity index (χ0v) is 13.3. The lowest BCUT2D eigenvalue weighted by Gasteiger charge is -2.29. The fraction of sp³-hybridized carbons (Fsp3) is 0.765. The molecule has 1 saturated carbocycles. The first-order chi connectivity index (χ1) is 10.7. The lowest BCUT2D eigenvalue weighted by molar-refractivity contribution is -0.133. The fourth-order valence-electron chi connectivity index (χ4n) is 4.34. The van der Waals surface area contributed by atoms with Gasteiger partial charge < -0.3 is 14.2 Å². The maximum absolute atomic E-state index is 12.7. The van der Waals surface area contributed by atoms with Crippen LogP contribution in [0.4, 0.5) is 0 Å². The Morgan fingerprint density at radius 1 is 1.50 bits per heavy atom. The average Bonchev–Trinajstić information content (AvgIpc) is 3.01. The summed E-state index contributed by atoms with van der Waals surface area (Å²) in [5.41, 5.74) is 0.284. The number of imidazole rings is 1. The number of nitrogens with zero attached hydrogens (tertiary/aromatic N) is 3. The van der Waals surface area contributed by atoms with Gasteiger partial charge in [-0.15, -0.1) is 0 Å². The van der Waals surface area contributed by atoms with Crippen molar-refractivity contribution in [1.29, 1.82) is 0 Å². The minimum atomic E-state index is 0.256. The quantitative estimate of drug-likeness (QED) is 0.854. The smallest absolute Gasteiger partial charge is 0.226 e. The third kappa shape index (κ3) is 2.45. The van der Waals surface area contributed by atoms with Crippen LogP contribution in [0.15, 0.2) is 12.4 Å². The summed E-state index contributed by atoms with van der Waals surface area (Å²) in [4.78, 5) is 19.1. The molecular formula is C17H25N3O2. The molecule has 4 rings (SSSR count). The number of hydrogen-bond acceptors (Lipinski definition) is 3. The van der Waals surface area contributed by atoms with Crippen LogP contribution in [0.25, 0.3) is 0 Å². The molecule has 2 fully saturated rings. The summed E-state index contributed by atoms with van der Waals surface area (Å²) in [5.74, 6) is 2.33. The van der Waals surface area contributed by atoms with Gasteiger partial charge in [-0.05, 0) is 37.0 Å².